The molecule has 2 aliphatic rings. The van der Waals surface area contributed by atoms with Crippen molar-refractivity contribution >= 4 is 18.3 Å². The molecule has 122 valence electrons. The first-order valence-electron chi connectivity index (χ1n) is 7.55. The van der Waals surface area contributed by atoms with Crippen LogP contribution in [0.2, 0.25) is 0 Å². The zero-order valence-corrected chi connectivity index (χ0v) is 13.6. The maximum atomic E-state index is 12.4. The van der Waals surface area contributed by atoms with Gasteiger partial charge in [0.05, 0.1) is 5.41 Å². The molecule has 2 aliphatic heterocycles. The molecule has 1 aromatic carbocycles. The van der Waals surface area contributed by atoms with Gasteiger partial charge in [0.1, 0.15) is 13.2 Å². The van der Waals surface area contributed by atoms with Crippen molar-refractivity contribution in [2.75, 3.05) is 26.3 Å². The third kappa shape index (κ3) is 3.65. The van der Waals surface area contributed by atoms with Gasteiger partial charge in [-0.25, -0.2) is 0 Å². The molecule has 1 saturated heterocycles. The van der Waals surface area contributed by atoms with Crippen LogP contribution >= 0.6 is 12.4 Å². The summed E-state index contributed by atoms with van der Waals surface area (Å²) >= 11 is 0. The Hall–Kier alpha value is -1.46. The van der Waals surface area contributed by atoms with Gasteiger partial charge in [-0.1, -0.05) is 6.07 Å². The van der Waals surface area contributed by atoms with Crippen LogP contribution in [0, 0.1) is 5.41 Å². The van der Waals surface area contributed by atoms with Crippen molar-refractivity contribution in [1.29, 1.82) is 0 Å². The van der Waals surface area contributed by atoms with E-state index in [0.29, 0.717) is 19.8 Å². The summed E-state index contributed by atoms with van der Waals surface area (Å²) in [5.74, 6) is 1.66. The lowest BCUT2D eigenvalue weighted by atomic mass is 9.82. The van der Waals surface area contributed by atoms with Crippen molar-refractivity contribution < 1.29 is 14.3 Å². The van der Waals surface area contributed by atoms with E-state index in [-0.39, 0.29) is 23.7 Å². The molecule has 0 spiro atoms. The summed E-state index contributed by atoms with van der Waals surface area (Å²) in [6, 6.07) is 5.81. The summed E-state index contributed by atoms with van der Waals surface area (Å²) in [6.07, 6.45) is 1.99. The van der Waals surface area contributed by atoms with E-state index >= 15 is 0 Å². The Balaban J connectivity index is 0.00000176. The highest BCUT2D eigenvalue weighted by molar-refractivity contribution is 5.85. The van der Waals surface area contributed by atoms with Crippen LogP contribution in [-0.4, -0.2) is 32.2 Å². The smallest absolute Gasteiger partial charge is 0.227 e. The Bertz CT molecular complexity index is 530. The summed E-state index contributed by atoms with van der Waals surface area (Å²) < 4.78 is 11.1. The molecule has 2 heterocycles. The minimum Gasteiger partial charge on any atom is -0.486 e. The molecule has 1 aromatic rings. The number of carbonyl (C=O) groups excluding carboxylic acids is 1. The van der Waals surface area contributed by atoms with Gasteiger partial charge in [-0.15, -0.1) is 12.4 Å². The fourth-order valence-corrected chi connectivity index (χ4v) is 2.84. The van der Waals surface area contributed by atoms with Crippen molar-refractivity contribution in [3.63, 3.8) is 0 Å². The number of benzene rings is 1. The molecule has 0 aliphatic carbocycles. The average molecular weight is 327 g/mol. The minimum absolute atomic E-state index is 0. The van der Waals surface area contributed by atoms with Gasteiger partial charge >= 0.3 is 0 Å². The molecule has 22 heavy (non-hydrogen) atoms. The van der Waals surface area contributed by atoms with Gasteiger partial charge in [-0.3, -0.25) is 4.79 Å². The number of hydrogen-bond donors (Lipinski definition) is 2. The third-order valence-electron chi connectivity index (χ3n) is 4.21. The van der Waals surface area contributed by atoms with Crippen molar-refractivity contribution in [3.8, 4) is 11.5 Å². The largest absolute Gasteiger partial charge is 0.486 e. The summed E-state index contributed by atoms with van der Waals surface area (Å²) in [4.78, 5) is 12.4. The zero-order valence-electron chi connectivity index (χ0n) is 12.8. The lowest BCUT2D eigenvalue weighted by Gasteiger charge is -2.32. The SMILES string of the molecule is CC1(C(=O)NCc2ccc3c(c2)OCCO3)CCCNC1.Cl. The number of ether oxygens (including phenoxy) is 2. The number of fused-ring (bicyclic) bond motifs is 1. The molecule has 3 rings (SSSR count). The fourth-order valence-electron chi connectivity index (χ4n) is 2.84. The van der Waals surface area contributed by atoms with E-state index in [1.165, 1.54) is 0 Å². The van der Waals surface area contributed by atoms with Crippen LogP contribution in [0.1, 0.15) is 25.3 Å². The van der Waals surface area contributed by atoms with E-state index in [1.54, 1.807) is 0 Å². The standard InChI is InChI=1S/C16H22N2O3.ClH/c1-16(5-2-6-17-11-16)15(19)18-10-12-3-4-13-14(9-12)21-8-7-20-13;/h3-4,9,17H,2,5-8,10-11H2,1H3,(H,18,19);1H. The first kappa shape index (κ1) is 16.9. The van der Waals surface area contributed by atoms with E-state index in [4.69, 9.17) is 9.47 Å². The van der Waals surface area contributed by atoms with Crippen LogP contribution in [0.25, 0.3) is 0 Å². The highest BCUT2D eigenvalue weighted by atomic mass is 35.5. The molecule has 0 bridgehead atoms. The fraction of sp³-hybridized carbons (Fsp3) is 0.562. The summed E-state index contributed by atoms with van der Waals surface area (Å²) in [6.45, 7) is 5.47. The van der Waals surface area contributed by atoms with Gasteiger partial charge in [-0.2, -0.15) is 0 Å². The monoisotopic (exact) mass is 326 g/mol. The van der Waals surface area contributed by atoms with Gasteiger partial charge in [-0.05, 0) is 44.0 Å². The second-order valence-electron chi connectivity index (χ2n) is 6.00. The number of amides is 1. The van der Waals surface area contributed by atoms with Gasteiger partial charge in [0.15, 0.2) is 11.5 Å². The molecular weight excluding hydrogens is 304 g/mol. The first-order valence-corrected chi connectivity index (χ1v) is 7.55. The Morgan fingerprint density at radius 1 is 1.32 bits per heavy atom. The van der Waals surface area contributed by atoms with E-state index in [1.807, 2.05) is 25.1 Å². The van der Waals surface area contributed by atoms with E-state index < -0.39 is 0 Å². The van der Waals surface area contributed by atoms with Crippen molar-refractivity contribution in [2.45, 2.75) is 26.3 Å². The quantitative estimate of drug-likeness (QED) is 0.890. The second-order valence-corrected chi connectivity index (χ2v) is 6.00. The van der Waals surface area contributed by atoms with Gasteiger partial charge < -0.3 is 20.1 Å². The van der Waals surface area contributed by atoms with Gasteiger partial charge in [0, 0.05) is 13.1 Å². The Kier molecular flexibility index (Phi) is 5.53. The predicted molar refractivity (Wildman–Crippen MR) is 86.7 cm³/mol. The summed E-state index contributed by atoms with van der Waals surface area (Å²) in [7, 11) is 0. The Morgan fingerprint density at radius 3 is 2.82 bits per heavy atom. The molecule has 1 amide bonds. The van der Waals surface area contributed by atoms with E-state index in [9.17, 15) is 4.79 Å². The van der Waals surface area contributed by atoms with E-state index in [0.717, 1.165) is 43.0 Å². The lowest BCUT2D eigenvalue weighted by Crippen LogP contribution is -2.48. The zero-order chi connectivity index (χ0) is 14.7. The summed E-state index contributed by atoms with van der Waals surface area (Å²) in [5, 5.41) is 6.34. The van der Waals surface area contributed by atoms with Crippen molar-refractivity contribution in [2.24, 2.45) is 5.41 Å². The molecule has 1 fully saturated rings. The van der Waals surface area contributed by atoms with Crippen LogP contribution in [0.3, 0.4) is 0 Å². The predicted octanol–water partition coefficient (Wildman–Crippen LogP) is 1.89. The number of hydrogen-bond acceptors (Lipinski definition) is 4. The highest BCUT2D eigenvalue weighted by Gasteiger charge is 2.34. The molecule has 0 saturated carbocycles. The molecule has 5 nitrogen and oxygen atoms in total. The number of carbonyl (C=O) groups is 1. The molecular formula is C16H23ClN2O3. The minimum atomic E-state index is -0.300. The van der Waals surface area contributed by atoms with Crippen LogP contribution in [0.15, 0.2) is 18.2 Å². The van der Waals surface area contributed by atoms with Crippen LogP contribution in [0.5, 0.6) is 11.5 Å². The molecule has 0 aromatic heterocycles. The van der Waals surface area contributed by atoms with Crippen molar-refractivity contribution in [3.05, 3.63) is 23.8 Å². The number of piperidine rings is 1. The van der Waals surface area contributed by atoms with Crippen LogP contribution in [-0.2, 0) is 11.3 Å². The van der Waals surface area contributed by atoms with Crippen LogP contribution in [0.4, 0.5) is 0 Å². The topological polar surface area (TPSA) is 59.6 Å². The molecule has 2 N–H and O–H groups in total. The average Bonchev–Trinajstić information content (AvgIpc) is 2.53. The molecule has 6 heteroatoms. The molecule has 0 radical (unpaired) electrons. The lowest BCUT2D eigenvalue weighted by molar-refractivity contribution is -0.131. The highest BCUT2D eigenvalue weighted by Crippen LogP contribution is 2.31. The first-order chi connectivity index (χ1) is 10.2. The van der Waals surface area contributed by atoms with Gasteiger partial charge in [0.25, 0.3) is 0 Å². The Labute approximate surface area is 137 Å². The number of nitrogens with one attached hydrogen (secondary N) is 2. The number of halogens is 1. The third-order valence-corrected chi connectivity index (χ3v) is 4.21. The second kappa shape index (κ2) is 7.20. The summed E-state index contributed by atoms with van der Waals surface area (Å²) in [5.41, 5.74) is 0.728. The maximum absolute atomic E-state index is 12.4. The molecule has 1 atom stereocenters. The number of rotatable bonds is 3. The van der Waals surface area contributed by atoms with Crippen LogP contribution < -0.4 is 20.1 Å². The molecule has 1 unspecified atom stereocenters. The Morgan fingerprint density at radius 2 is 2.09 bits per heavy atom. The van der Waals surface area contributed by atoms with Gasteiger partial charge in [0.2, 0.25) is 5.91 Å². The normalized spacial score (nSPS) is 23.3. The van der Waals surface area contributed by atoms with Crippen molar-refractivity contribution in [1.82, 2.24) is 10.6 Å². The van der Waals surface area contributed by atoms with E-state index in [2.05, 4.69) is 10.6 Å². The maximum Gasteiger partial charge on any atom is 0.227 e.